The first-order valence-corrected chi connectivity index (χ1v) is 10.1. The van der Waals surface area contributed by atoms with Gasteiger partial charge in [0, 0.05) is 5.02 Å². The van der Waals surface area contributed by atoms with Gasteiger partial charge >= 0.3 is 0 Å². The summed E-state index contributed by atoms with van der Waals surface area (Å²) >= 11 is 6.62. The molecule has 2 heteroatoms. The van der Waals surface area contributed by atoms with Crippen molar-refractivity contribution in [1.82, 2.24) is 0 Å². The highest BCUT2D eigenvalue weighted by molar-refractivity contribution is 6.96. The Labute approximate surface area is 151 Å². The van der Waals surface area contributed by atoms with Crippen molar-refractivity contribution in [3.05, 3.63) is 87.9 Å². The first-order valence-electron chi connectivity index (χ1n) is 8.24. The van der Waals surface area contributed by atoms with Crippen molar-refractivity contribution in [2.75, 3.05) is 0 Å². The van der Waals surface area contributed by atoms with E-state index in [1.807, 2.05) is 12.1 Å². The zero-order valence-electron chi connectivity index (χ0n) is 14.7. The van der Waals surface area contributed by atoms with Crippen LogP contribution in [-0.4, -0.2) is 8.80 Å². The molecule has 0 nitrogen and oxygen atoms in total. The molecule has 0 spiro atoms. The molecule has 0 aliphatic rings. The predicted octanol–water partition coefficient (Wildman–Crippen LogP) is 4.09. The Balaban J connectivity index is 2.29. The second kappa shape index (κ2) is 6.96. The van der Waals surface area contributed by atoms with Crippen molar-refractivity contribution < 1.29 is 0 Å². The zero-order valence-corrected chi connectivity index (χ0v) is 16.4. The number of hydrogen-bond donors (Lipinski definition) is 0. The van der Waals surface area contributed by atoms with Crippen molar-refractivity contribution in [2.45, 2.75) is 27.7 Å². The Bertz CT molecular complexity index is 863. The molecule has 0 N–H and O–H groups in total. The molecule has 0 saturated heterocycles. The highest BCUT2D eigenvalue weighted by Crippen LogP contribution is 2.10. The lowest BCUT2D eigenvalue weighted by Gasteiger charge is -2.21. The normalized spacial score (nSPS) is 11.1. The van der Waals surface area contributed by atoms with Gasteiger partial charge in [0.25, 0.3) is 0 Å². The Hall–Kier alpha value is -1.83. The molecule has 121 valence electrons. The topological polar surface area (TPSA) is 0 Å². The van der Waals surface area contributed by atoms with Crippen molar-refractivity contribution in [3.8, 4) is 0 Å². The van der Waals surface area contributed by atoms with E-state index >= 15 is 0 Å². The summed E-state index contributed by atoms with van der Waals surface area (Å²) in [6.07, 6.45) is 0. The number of hydrogen-bond acceptors (Lipinski definition) is 0. The van der Waals surface area contributed by atoms with Crippen LogP contribution in [0.2, 0.25) is 5.02 Å². The third-order valence-corrected chi connectivity index (χ3v) is 7.72. The summed E-state index contributed by atoms with van der Waals surface area (Å²) in [6.45, 7) is 8.72. The first-order chi connectivity index (χ1) is 11.5. The molecule has 0 amide bonds. The fraction of sp³-hybridized carbons (Fsp3) is 0.182. The Morgan fingerprint density at radius 1 is 0.667 bits per heavy atom. The van der Waals surface area contributed by atoms with Crippen LogP contribution in [0, 0.1) is 27.7 Å². The first kappa shape index (κ1) is 17.0. The van der Waals surface area contributed by atoms with Gasteiger partial charge in [-0.2, -0.15) is 0 Å². The fourth-order valence-electron chi connectivity index (χ4n) is 3.24. The van der Waals surface area contributed by atoms with E-state index in [2.05, 4.69) is 76.2 Å². The molecular formula is C22H22ClSi. The van der Waals surface area contributed by atoms with E-state index in [9.17, 15) is 0 Å². The summed E-state index contributed by atoms with van der Waals surface area (Å²) in [5.74, 6) is 0. The Kier molecular flexibility index (Phi) is 4.93. The average Bonchev–Trinajstić information content (AvgIpc) is 2.52. The highest BCUT2D eigenvalue weighted by atomic mass is 35.5. The predicted molar refractivity (Wildman–Crippen MR) is 108 cm³/mol. The summed E-state index contributed by atoms with van der Waals surface area (Å²) in [7, 11) is -1.14. The monoisotopic (exact) mass is 349 g/mol. The molecule has 3 aromatic carbocycles. The number of benzene rings is 3. The fourth-order valence-corrected chi connectivity index (χ4v) is 6.75. The molecule has 24 heavy (non-hydrogen) atoms. The van der Waals surface area contributed by atoms with Gasteiger partial charge in [-0.1, -0.05) is 93.6 Å². The number of aryl methyl sites for hydroxylation is 4. The van der Waals surface area contributed by atoms with Crippen molar-refractivity contribution in [1.29, 1.82) is 0 Å². The van der Waals surface area contributed by atoms with E-state index in [-0.39, 0.29) is 0 Å². The van der Waals surface area contributed by atoms with E-state index in [0.717, 1.165) is 5.02 Å². The van der Waals surface area contributed by atoms with Crippen LogP contribution in [0.15, 0.2) is 60.7 Å². The van der Waals surface area contributed by atoms with Crippen LogP contribution in [0.4, 0.5) is 0 Å². The van der Waals surface area contributed by atoms with E-state index in [4.69, 9.17) is 11.6 Å². The molecule has 0 saturated carbocycles. The summed E-state index contributed by atoms with van der Waals surface area (Å²) in [5, 5.41) is 4.96. The molecule has 3 rings (SSSR count). The number of rotatable bonds is 3. The largest absolute Gasteiger partial charge is 0.156 e. The molecule has 0 heterocycles. The van der Waals surface area contributed by atoms with Crippen LogP contribution in [-0.2, 0) is 0 Å². The van der Waals surface area contributed by atoms with Gasteiger partial charge in [-0.25, -0.2) is 0 Å². The van der Waals surface area contributed by atoms with Crippen molar-refractivity contribution in [2.24, 2.45) is 0 Å². The summed E-state index contributed by atoms with van der Waals surface area (Å²) in [6, 6.07) is 21.9. The van der Waals surface area contributed by atoms with Crippen LogP contribution >= 0.6 is 11.6 Å². The molecule has 0 fully saturated rings. The minimum atomic E-state index is -1.14. The average molecular weight is 350 g/mol. The Morgan fingerprint density at radius 2 is 1.33 bits per heavy atom. The highest BCUT2D eigenvalue weighted by Gasteiger charge is 2.24. The quantitative estimate of drug-likeness (QED) is 0.493. The summed E-state index contributed by atoms with van der Waals surface area (Å²) < 4.78 is 0. The van der Waals surface area contributed by atoms with Crippen molar-refractivity contribution >= 4 is 36.0 Å². The lowest BCUT2D eigenvalue weighted by Crippen LogP contribution is -2.53. The van der Waals surface area contributed by atoms with Gasteiger partial charge in [-0.3, -0.25) is 0 Å². The molecule has 0 unspecified atom stereocenters. The SMILES string of the molecule is Cc1cc(C)cc([Si](c2cc(C)ccc2C)c2ccccc2Cl)c1. The lowest BCUT2D eigenvalue weighted by molar-refractivity contribution is 1.40. The van der Waals surface area contributed by atoms with E-state index in [0.29, 0.717) is 0 Å². The minimum absolute atomic E-state index is 0.867. The summed E-state index contributed by atoms with van der Waals surface area (Å²) in [4.78, 5) is 0. The lowest BCUT2D eigenvalue weighted by atomic mass is 10.2. The molecule has 3 aromatic rings. The van der Waals surface area contributed by atoms with Gasteiger partial charge in [-0.05, 0) is 44.1 Å². The van der Waals surface area contributed by atoms with Crippen LogP contribution < -0.4 is 15.6 Å². The number of halogens is 1. The van der Waals surface area contributed by atoms with E-state index in [1.165, 1.54) is 37.8 Å². The summed E-state index contributed by atoms with van der Waals surface area (Å²) in [5.41, 5.74) is 5.26. The second-order valence-corrected chi connectivity index (χ2v) is 9.36. The van der Waals surface area contributed by atoms with Crippen molar-refractivity contribution in [3.63, 3.8) is 0 Å². The molecule has 0 aliphatic carbocycles. The van der Waals surface area contributed by atoms with Gasteiger partial charge in [0.2, 0.25) is 0 Å². The molecule has 0 aliphatic heterocycles. The third-order valence-electron chi connectivity index (χ3n) is 4.32. The van der Waals surface area contributed by atoms with Gasteiger partial charge in [0.1, 0.15) is 0 Å². The van der Waals surface area contributed by atoms with Gasteiger partial charge < -0.3 is 0 Å². The smallest absolute Gasteiger partial charge is 0.0845 e. The maximum atomic E-state index is 6.62. The molecule has 0 bridgehead atoms. The maximum absolute atomic E-state index is 6.62. The van der Waals surface area contributed by atoms with Crippen LogP contribution in [0.3, 0.4) is 0 Å². The van der Waals surface area contributed by atoms with E-state index in [1.54, 1.807) is 0 Å². The van der Waals surface area contributed by atoms with Gasteiger partial charge in [-0.15, -0.1) is 0 Å². The molecule has 0 atom stereocenters. The third kappa shape index (κ3) is 3.48. The van der Waals surface area contributed by atoms with Crippen LogP contribution in [0.5, 0.6) is 0 Å². The van der Waals surface area contributed by atoms with Crippen LogP contribution in [0.1, 0.15) is 22.3 Å². The van der Waals surface area contributed by atoms with Gasteiger partial charge in [0.05, 0.1) is 0 Å². The Morgan fingerprint density at radius 3 is 2.00 bits per heavy atom. The van der Waals surface area contributed by atoms with E-state index < -0.39 is 8.80 Å². The zero-order chi connectivity index (χ0) is 17.3. The minimum Gasteiger partial charge on any atom is -0.0845 e. The maximum Gasteiger partial charge on any atom is 0.156 e. The molecule has 0 aromatic heterocycles. The molecule has 1 radical (unpaired) electrons. The second-order valence-electron chi connectivity index (χ2n) is 6.55. The van der Waals surface area contributed by atoms with Crippen LogP contribution in [0.25, 0.3) is 0 Å². The van der Waals surface area contributed by atoms with Gasteiger partial charge in [0.15, 0.2) is 8.80 Å². The standard InChI is InChI=1S/C22H22ClSi/c1-15-9-10-18(4)22(14-15)24(21-8-6-5-7-20(21)23)19-12-16(2)11-17(3)13-19/h5-14H,1-4H3. The molecular weight excluding hydrogens is 328 g/mol.